The molecular formula is C11H19BrN2O. The van der Waals surface area contributed by atoms with E-state index in [2.05, 4.69) is 26.1 Å². The van der Waals surface area contributed by atoms with Crippen molar-refractivity contribution in [1.29, 1.82) is 0 Å². The zero-order valence-electron chi connectivity index (χ0n) is 9.42. The Labute approximate surface area is 99.7 Å². The molecule has 0 aromatic carbocycles. The molecule has 1 atom stereocenters. The molecule has 3 aliphatic rings. The first-order chi connectivity index (χ1) is 6.97. The first-order valence-electron chi connectivity index (χ1n) is 5.69. The summed E-state index contributed by atoms with van der Waals surface area (Å²) in [5, 5.41) is 3.16. The number of nitrogens with one attached hydrogen (secondary N) is 1. The van der Waals surface area contributed by atoms with Crippen LogP contribution < -0.4 is 5.32 Å². The van der Waals surface area contributed by atoms with Crippen molar-refractivity contribution in [2.45, 2.75) is 37.1 Å². The van der Waals surface area contributed by atoms with Gasteiger partial charge >= 0.3 is 0 Å². The number of carbonyl (C=O) groups excluding carboxylic acids is 1. The maximum absolute atomic E-state index is 11.8. The molecule has 15 heavy (non-hydrogen) atoms. The fourth-order valence-electron chi connectivity index (χ4n) is 2.47. The number of nitrogens with zero attached hydrogens (tertiary/aromatic N) is 1. The number of rotatable bonds is 2. The molecule has 2 bridgehead atoms. The Kier molecular flexibility index (Phi) is 3.08. The van der Waals surface area contributed by atoms with Gasteiger partial charge in [-0.25, -0.2) is 0 Å². The molecule has 0 aromatic rings. The van der Waals surface area contributed by atoms with Crippen LogP contribution in [0.3, 0.4) is 0 Å². The molecule has 4 heteroatoms. The number of amides is 1. The van der Waals surface area contributed by atoms with Gasteiger partial charge in [0.25, 0.3) is 0 Å². The lowest BCUT2D eigenvalue weighted by Gasteiger charge is -2.45. The van der Waals surface area contributed by atoms with Crippen LogP contribution in [0.2, 0.25) is 0 Å². The molecule has 1 amide bonds. The van der Waals surface area contributed by atoms with Crippen molar-refractivity contribution in [1.82, 2.24) is 10.2 Å². The molecule has 0 spiro atoms. The van der Waals surface area contributed by atoms with Gasteiger partial charge in [-0.1, -0.05) is 15.9 Å². The van der Waals surface area contributed by atoms with E-state index < -0.39 is 4.32 Å². The zero-order chi connectivity index (χ0) is 11.1. The minimum Gasteiger partial charge on any atom is -0.351 e. The number of piperidine rings is 3. The largest absolute Gasteiger partial charge is 0.351 e. The molecule has 0 aromatic heterocycles. The predicted octanol–water partition coefficient (Wildman–Crippen LogP) is 1.37. The molecule has 0 saturated carbocycles. The minimum atomic E-state index is -0.445. The van der Waals surface area contributed by atoms with Crippen LogP contribution in [0.25, 0.3) is 0 Å². The first-order valence-corrected chi connectivity index (χ1v) is 6.48. The summed E-state index contributed by atoms with van der Waals surface area (Å²) in [7, 11) is 0. The molecule has 0 radical (unpaired) electrons. The Balaban J connectivity index is 1.93. The lowest BCUT2D eigenvalue weighted by molar-refractivity contribution is -0.124. The topological polar surface area (TPSA) is 32.3 Å². The fourth-order valence-corrected chi connectivity index (χ4v) is 2.58. The van der Waals surface area contributed by atoms with E-state index in [-0.39, 0.29) is 5.91 Å². The van der Waals surface area contributed by atoms with Gasteiger partial charge in [-0.2, -0.15) is 0 Å². The zero-order valence-corrected chi connectivity index (χ0v) is 11.0. The summed E-state index contributed by atoms with van der Waals surface area (Å²) < 4.78 is -0.445. The summed E-state index contributed by atoms with van der Waals surface area (Å²) >= 11 is 3.40. The lowest BCUT2D eigenvalue weighted by Crippen LogP contribution is -2.59. The molecule has 3 aliphatic heterocycles. The van der Waals surface area contributed by atoms with Gasteiger partial charge in [-0.3, -0.25) is 4.79 Å². The molecular weight excluding hydrogens is 256 g/mol. The number of halogens is 1. The molecule has 86 valence electrons. The highest BCUT2D eigenvalue weighted by atomic mass is 79.9. The van der Waals surface area contributed by atoms with Crippen molar-refractivity contribution in [3.05, 3.63) is 0 Å². The second-order valence-corrected chi connectivity index (χ2v) is 7.17. The van der Waals surface area contributed by atoms with Crippen molar-refractivity contribution in [2.75, 3.05) is 19.6 Å². The van der Waals surface area contributed by atoms with Crippen LogP contribution in [-0.4, -0.2) is 40.8 Å². The number of hydrogen-bond acceptors (Lipinski definition) is 2. The molecule has 3 fully saturated rings. The Hall–Kier alpha value is -0.0900. The van der Waals surface area contributed by atoms with Crippen LogP contribution in [0.15, 0.2) is 0 Å². The average molecular weight is 275 g/mol. The van der Waals surface area contributed by atoms with E-state index in [1.54, 1.807) is 0 Å². The highest BCUT2D eigenvalue weighted by Gasteiger charge is 2.36. The van der Waals surface area contributed by atoms with Crippen LogP contribution in [0.1, 0.15) is 26.7 Å². The number of alkyl halides is 1. The summed E-state index contributed by atoms with van der Waals surface area (Å²) in [6.07, 6.45) is 2.49. The van der Waals surface area contributed by atoms with Crippen LogP contribution in [-0.2, 0) is 4.79 Å². The smallest absolute Gasteiger partial charge is 0.236 e. The highest BCUT2D eigenvalue weighted by Crippen LogP contribution is 2.28. The van der Waals surface area contributed by atoms with Crippen molar-refractivity contribution in [3.8, 4) is 0 Å². The summed E-state index contributed by atoms with van der Waals surface area (Å²) in [5.74, 6) is 0.815. The van der Waals surface area contributed by atoms with Gasteiger partial charge in [-0.15, -0.1) is 0 Å². The van der Waals surface area contributed by atoms with Gasteiger partial charge in [0.2, 0.25) is 5.91 Å². The van der Waals surface area contributed by atoms with Gasteiger partial charge in [-0.05, 0) is 45.7 Å². The van der Waals surface area contributed by atoms with Crippen LogP contribution in [0.4, 0.5) is 0 Å². The van der Waals surface area contributed by atoms with E-state index >= 15 is 0 Å². The highest BCUT2D eigenvalue weighted by molar-refractivity contribution is 9.10. The van der Waals surface area contributed by atoms with E-state index in [4.69, 9.17) is 0 Å². The minimum absolute atomic E-state index is 0.112. The predicted molar refractivity (Wildman–Crippen MR) is 64.1 cm³/mol. The van der Waals surface area contributed by atoms with Crippen LogP contribution in [0.5, 0.6) is 0 Å². The summed E-state index contributed by atoms with van der Waals surface area (Å²) in [5.41, 5.74) is 0. The maximum atomic E-state index is 11.8. The number of hydrogen-bond donors (Lipinski definition) is 1. The summed E-state index contributed by atoms with van der Waals surface area (Å²) in [6, 6.07) is 0.372. The molecule has 3 heterocycles. The van der Waals surface area contributed by atoms with Crippen molar-refractivity contribution >= 4 is 21.8 Å². The lowest BCUT2D eigenvalue weighted by atomic mass is 9.84. The van der Waals surface area contributed by atoms with Gasteiger partial charge in [0.1, 0.15) is 0 Å². The second kappa shape index (κ2) is 4.06. The molecule has 0 aliphatic carbocycles. The standard InChI is InChI=1S/C11H19BrN2O/c1-11(2,12)10(15)13-9-7-14-5-3-8(9)4-6-14/h8-9H,3-7H2,1-2H3,(H,13,15). The summed E-state index contributed by atoms with van der Waals surface area (Å²) in [4.78, 5) is 14.3. The Morgan fingerprint density at radius 3 is 2.40 bits per heavy atom. The monoisotopic (exact) mass is 274 g/mol. The molecule has 1 N–H and O–H groups in total. The third-order valence-corrected chi connectivity index (χ3v) is 3.87. The Morgan fingerprint density at radius 1 is 1.40 bits per heavy atom. The Bertz CT molecular complexity index is 254. The number of carbonyl (C=O) groups is 1. The van der Waals surface area contributed by atoms with Crippen molar-refractivity contribution in [3.63, 3.8) is 0 Å². The number of fused-ring (bicyclic) bond motifs is 3. The molecule has 3 saturated heterocycles. The van der Waals surface area contributed by atoms with E-state index in [1.165, 1.54) is 25.9 Å². The van der Waals surface area contributed by atoms with E-state index in [1.807, 2.05) is 13.8 Å². The molecule has 3 rings (SSSR count). The van der Waals surface area contributed by atoms with Crippen molar-refractivity contribution < 1.29 is 4.79 Å². The van der Waals surface area contributed by atoms with Gasteiger partial charge in [0.05, 0.1) is 4.32 Å². The van der Waals surface area contributed by atoms with Gasteiger partial charge < -0.3 is 10.2 Å². The first kappa shape index (κ1) is 11.4. The van der Waals surface area contributed by atoms with Crippen LogP contribution in [0, 0.1) is 5.92 Å². The average Bonchev–Trinajstić information content (AvgIpc) is 2.18. The van der Waals surface area contributed by atoms with Crippen molar-refractivity contribution in [2.24, 2.45) is 5.92 Å². The quantitative estimate of drug-likeness (QED) is 0.772. The third-order valence-electron chi connectivity index (χ3n) is 3.51. The molecule has 3 nitrogen and oxygen atoms in total. The van der Waals surface area contributed by atoms with E-state index in [0.717, 1.165) is 6.54 Å². The third kappa shape index (κ3) is 2.53. The van der Waals surface area contributed by atoms with E-state index in [9.17, 15) is 4.79 Å². The Morgan fingerprint density at radius 2 is 2.00 bits per heavy atom. The van der Waals surface area contributed by atoms with Gasteiger partial charge in [0.15, 0.2) is 0 Å². The molecule has 1 unspecified atom stereocenters. The van der Waals surface area contributed by atoms with Crippen LogP contribution >= 0.6 is 15.9 Å². The SMILES string of the molecule is CC(C)(Br)C(=O)NC1CN2CCC1CC2. The fraction of sp³-hybridized carbons (Fsp3) is 0.909. The summed E-state index contributed by atoms with van der Waals surface area (Å²) in [6.45, 7) is 7.26. The normalized spacial score (nSPS) is 35.3. The van der Waals surface area contributed by atoms with Gasteiger partial charge in [0, 0.05) is 12.6 Å². The maximum Gasteiger partial charge on any atom is 0.236 e. The van der Waals surface area contributed by atoms with E-state index in [0.29, 0.717) is 12.0 Å². The second-order valence-electron chi connectivity index (χ2n) is 5.19.